The number of ether oxygens (including phenoxy) is 3. The quantitative estimate of drug-likeness (QED) is 0.199. The number of aliphatic imine (C=N–C) groups is 1. The summed E-state index contributed by atoms with van der Waals surface area (Å²) in [5.74, 6) is 0.775. The van der Waals surface area contributed by atoms with E-state index >= 15 is 0 Å². The summed E-state index contributed by atoms with van der Waals surface area (Å²) in [7, 11) is 3.31. The van der Waals surface area contributed by atoms with Crippen LogP contribution in [-0.4, -0.2) is 53.1 Å². The zero-order valence-corrected chi connectivity index (χ0v) is 18.4. The van der Waals surface area contributed by atoms with Gasteiger partial charge in [-0.15, -0.1) is 24.0 Å². The van der Waals surface area contributed by atoms with Gasteiger partial charge in [-0.3, -0.25) is 4.99 Å². The summed E-state index contributed by atoms with van der Waals surface area (Å²) in [4.78, 5) is 4.13. The maximum Gasteiger partial charge on any atom is 0.387 e. The molecule has 0 unspecified atom stereocenters. The number of rotatable bonds is 12. The Balaban J connectivity index is 0.00000676. The number of halogens is 3. The zero-order valence-electron chi connectivity index (χ0n) is 16.1. The molecule has 156 valence electrons. The Morgan fingerprint density at radius 3 is 2.59 bits per heavy atom. The average molecular weight is 501 g/mol. The molecule has 1 aromatic rings. The molecule has 0 saturated carbocycles. The zero-order chi connectivity index (χ0) is 19.2. The van der Waals surface area contributed by atoms with Crippen LogP contribution in [0.2, 0.25) is 0 Å². The number of alkyl halides is 2. The lowest BCUT2D eigenvalue weighted by molar-refractivity contribution is -0.0504. The second-order valence-corrected chi connectivity index (χ2v) is 5.65. The lowest BCUT2D eigenvalue weighted by Crippen LogP contribution is -2.37. The van der Waals surface area contributed by atoms with Crippen LogP contribution in [0.1, 0.15) is 24.0 Å². The van der Waals surface area contributed by atoms with Crippen molar-refractivity contribution in [3.8, 4) is 5.75 Å². The standard InChI is InChI=1S/C18H29F2N3O3.HI/c1-14-6-7-16(26-17(19)20)15(12-14)13-23-18(21-2)22-8-4-5-9-25-11-10-24-3;/h6-7,12,17H,4-5,8-11,13H2,1-3H3,(H2,21,22,23);1H. The fraction of sp³-hybridized carbons (Fsp3) is 0.611. The van der Waals surface area contributed by atoms with E-state index in [9.17, 15) is 8.78 Å². The molecule has 0 spiro atoms. The van der Waals surface area contributed by atoms with E-state index in [2.05, 4.69) is 20.4 Å². The first kappa shape index (κ1) is 25.8. The molecule has 9 heteroatoms. The number of guanidine groups is 1. The Kier molecular flexibility index (Phi) is 15.1. The summed E-state index contributed by atoms with van der Waals surface area (Å²) in [5, 5.41) is 6.30. The third-order valence-corrected chi connectivity index (χ3v) is 3.54. The summed E-state index contributed by atoms with van der Waals surface area (Å²) in [6.07, 6.45) is 1.86. The van der Waals surface area contributed by atoms with Crippen molar-refractivity contribution in [2.24, 2.45) is 4.99 Å². The van der Waals surface area contributed by atoms with Crippen LogP contribution in [-0.2, 0) is 16.0 Å². The monoisotopic (exact) mass is 501 g/mol. The highest BCUT2D eigenvalue weighted by Gasteiger charge is 2.10. The third-order valence-electron chi connectivity index (χ3n) is 3.54. The first-order chi connectivity index (χ1) is 12.6. The number of hydrogen-bond acceptors (Lipinski definition) is 4. The third kappa shape index (κ3) is 12.0. The first-order valence-corrected chi connectivity index (χ1v) is 8.62. The molecule has 1 aromatic carbocycles. The van der Waals surface area contributed by atoms with Crippen LogP contribution in [0, 0.1) is 6.92 Å². The van der Waals surface area contributed by atoms with Gasteiger partial charge in [0.25, 0.3) is 0 Å². The summed E-state index contributed by atoms with van der Waals surface area (Å²) in [5.41, 5.74) is 1.62. The van der Waals surface area contributed by atoms with Crippen molar-refractivity contribution in [2.75, 3.05) is 40.5 Å². The van der Waals surface area contributed by atoms with Gasteiger partial charge in [0.05, 0.1) is 13.2 Å². The molecule has 27 heavy (non-hydrogen) atoms. The SMILES string of the molecule is CN=C(NCCCCOCCOC)NCc1cc(C)ccc1OC(F)F.I. The molecule has 0 atom stereocenters. The van der Waals surface area contributed by atoms with Crippen molar-refractivity contribution >= 4 is 29.9 Å². The fourth-order valence-corrected chi connectivity index (χ4v) is 2.24. The van der Waals surface area contributed by atoms with Crippen molar-refractivity contribution in [1.82, 2.24) is 10.6 Å². The molecule has 0 heterocycles. The van der Waals surface area contributed by atoms with Gasteiger partial charge >= 0.3 is 6.61 Å². The van der Waals surface area contributed by atoms with Crippen LogP contribution in [0.5, 0.6) is 5.75 Å². The van der Waals surface area contributed by atoms with Gasteiger partial charge in [0.1, 0.15) is 5.75 Å². The number of methoxy groups -OCH3 is 1. The van der Waals surface area contributed by atoms with E-state index in [1.807, 2.05) is 13.0 Å². The van der Waals surface area contributed by atoms with Crippen LogP contribution in [0.25, 0.3) is 0 Å². The number of nitrogens with zero attached hydrogens (tertiary/aromatic N) is 1. The maximum absolute atomic E-state index is 12.5. The summed E-state index contributed by atoms with van der Waals surface area (Å²) < 4.78 is 39.9. The summed E-state index contributed by atoms with van der Waals surface area (Å²) in [6.45, 7) is 2.02. The van der Waals surface area contributed by atoms with E-state index in [1.165, 1.54) is 0 Å². The minimum Gasteiger partial charge on any atom is -0.434 e. The number of benzene rings is 1. The van der Waals surface area contributed by atoms with Gasteiger partial charge in [-0.05, 0) is 25.8 Å². The Hall–Kier alpha value is -1.20. The molecular formula is C18H30F2IN3O3. The van der Waals surface area contributed by atoms with Gasteiger partial charge < -0.3 is 24.8 Å². The topological polar surface area (TPSA) is 64.1 Å². The first-order valence-electron chi connectivity index (χ1n) is 8.62. The van der Waals surface area contributed by atoms with Crippen LogP contribution in [0.4, 0.5) is 8.78 Å². The second kappa shape index (κ2) is 15.8. The molecule has 1 rings (SSSR count). The molecule has 6 nitrogen and oxygen atoms in total. The Morgan fingerprint density at radius 1 is 1.15 bits per heavy atom. The fourth-order valence-electron chi connectivity index (χ4n) is 2.24. The van der Waals surface area contributed by atoms with Crippen LogP contribution >= 0.6 is 24.0 Å². The van der Waals surface area contributed by atoms with Gasteiger partial charge in [0.15, 0.2) is 5.96 Å². The predicted molar refractivity (Wildman–Crippen MR) is 113 cm³/mol. The minimum absolute atomic E-state index is 0. The van der Waals surface area contributed by atoms with E-state index in [0.29, 0.717) is 37.9 Å². The highest BCUT2D eigenvalue weighted by atomic mass is 127. The lowest BCUT2D eigenvalue weighted by Gasteiger charge is -2.15. The second-order valence-electron chi connectivity index (χ2n) is 5.65. The maximum atomic E-state index is 12.5. The molecule has 0 aliphatic rings. The van der Waals surface area contributed by atoms with Gasteiger partial charge in [0, 0.05) is 39.4 Å². The lowest BCUT2D eigenvalue weighted by atomic mass is 10.1. The number of nitrogens with one attached hydrogen (secondary N) is 2. The molecular weight excluding hydrogens is 471 g/mol. The van der Waals surface area contributed by atoms with Crippen LogP contribution in [0.3, 0.4) is 0 Å². The van der Waals surface area contributed by atoms with Gasteiger partial charge in [0.2, 0.25) is 0 Å². The van der Waals surface area contributed by atoms with Crippen molar-refractivity contribution in [1.29, 1.82) is 0 Å². The molecule has 0 amide bonds. The van der Waals surface area contributed by atoms with Crippen molar-refractivity contribution in [3.05, 3.63) is 29.3 Å². The Morgan fingerprint density at radius 2 is 1.93 bits per heavy atom. The number of aryl methyl sites for hydroxylation is 1. The van der Waals surface area contributed by atoms with Crippen LogP contribution in [0.15, 0.2) is 23.2 Å². The summed E-state index contributed by atoms with van der Waals surface area (Å²) in [6, 6.07) is 5.11. The van der Waals surface area contributed by atoms with E-state index in [4.69, 9.17) is 9.47 Å². The smallest absolute Gasteiger partial charge is 0.387 e. The largest absolute Gasteiger partial charge is 0.434 e. The normalized spacial score (nSPS) is 11.3. The summed E-state index contributed by atoms with van der Waals surface area (Å²) >= 11 is 0. The Labute approximate surface area is 177 Å². The number of hydrogen-bond donors (Lipinski definition) is 2. The molecule has 0 bridgehead atoms. The molecule has 0 aliphatic carbocycles. The van der Waals surface area contributed by atoms with Gasteiger partial charge in [-0.1, -0.05) is 17.7 Å². The molecule has 0 fully saturated rings. The molecule has 0 saturated heterocycles. The molecule has 0 radical (unpaired) electrons. The molecule has 0 aromatic heterocycles. The van der Waals surface area contributed by atoms with Crippen molar-refractivity contribution < 1.29 is 23.0 Å². The number of unbranched alkanes of at least 4 members (excludes halogenated alkanes) is 1. The molecule has 2 N–H and O–H groups in total. The predicted octanol–water partition coefficient (Wildman–Crippen LogP) is 3.32. The highest BCUT2D eigenvalue weighted by Crippen LogP contribution is 2.21. The minimum atomic E-state index is -2.85. The Bertz CT molecular complexity index is 549. The van der Waals surface area contributed by atoms with Crippen LogP contribution < -0.4 is 15.4 Å². The van der Waals surface area contributed by atoms with E-state index in [1.54, 1.807) is 26.3 Å². The van der Waals surface area contributed by atoms with Gasteiger partial charge in [-0.2, -0.15) is 8.78 Å². The average Bonchev–Trinajstić information content (AvgIpc) is 2.61. The van der Waals surface area contributed by atoms with E-state index in [-0.39, 0.29) is 29.7 Å². The molecule has 0 aliphatic heterocycles. The van der Waals surface area contributed by atoms with E-state index in [0.717, 1.165) is 24.9 Å². The highest BCUT2D eigenvalue weighted by molar-refractivity contribution is 14.0. The van der Waals surface area contributed by atoms with Crippen molar-refractivity contribution in [2.45, 2.75) is 32.9 Å². The van der Waals surface area contributed by atoms with E-state index < -0.39 is 6.61 Å². The van der Waals surface area contributed by atoms with Crippen molar-refractivity contribution in [3.63, 3.8) is 0 Å². The van der Waals surface area contributed by atoms with Gasteiger partial charge in [-0.25, -0.2) is 0 Å².